The van der Waals surface area contributed by atoms with Gasteiger partial charge in [0.15, 0.2) is 0 Å². The zero-order valence-corrected chi connectivity index (χ0v) is 10.1. The van der Waals surface area contributed by atoms with Gasteiger partial charge in [-0.1, -0.05) is 58.8 Å². The summed E-state index contributed by atoms with van der Waals surface area (Å²) in [6, 6.07) is 0. The summed E-state index contributed by atoms with van der Waals surface area (Å²) in [6.07, 6.45) is 13.3. The van der Waals surface area contributed by atoms with Crippen molar-refractivity contribution >= 4 is 0 Å². The molecule has 0 heterocycles. The molecule has 0 saturated carbocycles. The van der Waals surface area contributed by atoms with Gasteiger partial charge in [-0.05, 0) is 6.42 Å². The molecule has 82 valence electrons. The molecule has 0 amide bonds. The Morgan fingerprint density at radius 3 is 1.79 bits per heavy atom. The summed E-state index contributed by atoms with van der Waals surface area (Å²) < 4.78 is 0. The van der Waals surface area contributed by atoms with Gasteiger partial charge in [-0.15, -0.1) is 11.8 Å². The molecule has 0 radical (unpaired) electrons. The number of hydrogen-bond donors (Lipinski definition) is 0. The molecule has 0 aromatic rings. The Kier molecular flexibility index (Phi) is 12.2. The molecule has 0 aliphatic rings. The zero-order valence-electron chi connectivity index (χ0n) is 10.1. The topological polar surface area (TPSA) is 0 Å². The molecule has 0 heteroatoms. The summed E-state index contributed by atoms with van der Waals surface area (Å²) in [5.74, 6) is 6.31. The third-order valence-corrected chi connectivity index (χ3v) is 2.46. The van der Waals surface area contributed by atoms with E-state index in [0.717, 1.165) is 12.8 Å². The van der Waals surface area contributed by atoms with E-state index in [9.17, 15) is 0 Å². The first-order valence-electron chi connectivity index (χ1n) is 6.37. The summed E-state index contributed by atoms with van der Waals surface area (Å²) in [6.45, 7) is 4.38. The van der Waals surface area contributed by atoms with Crippen LogP contribution in [0, 0.1) is 11.8 Å². The Bertz CT molecular complexity index is 147. The first kappa shape index (κ1) is 13.6. The molecule has 0 saturated heterocycles. The lowest BCUT2D eigenvalue weighted by atomic mass is 10.1. The van der Waals surface area contributed by atoms with E-state index < -0.39 is 0 Å². The second-order valence-corrected chi connectivity index (χ2v) is 3.93. The van der Waals surface area contributed by atoms with Crippen LogP contribution < -0.4 is 0 Å². The highest BCUT2D eigenvalue weighted by molar-refractivity contribution is 4.97. The minimum atomic E-state index is 1.01. The Morgan fingerprint density at radius 2 is 1.21 bits per heavy atom. The van der Waals surface area contributed by atoms with Gasteiger partial charge in [0.25, 0.3) is 0 Å². The van der Waals surface area contributed by atoms with Crippen molar-refractivity contribution in [1.82, 2.24) is 0 Å². The van der Waals surface area contributed by atoms with Gasteiger partial charge in [-0.2, -0.15) is 0 Å². The van der Waals surface area contributed by atoms with Crippen LogP contribution in [0.4, 0.5) is 0 Å². The molecule has 0 atom stereocenters. The molecular formula is C14H26. The first-order valence-corrected chi connectivity index (χ1v) is 6.37. The molecule has 0 spiro atoms. The van der Waals surface area contributed by atoms with E-state index in [1.807, 2.05) is 0 Å². The molecule has 0 N–H and O–H groups in total. The predicted molar refractivity (Wildman–Crippen MR) is 65.3 cm³/mol. The van der Waals surface area contributed by atoms with Crippen LogP contribution in [0.1, 0.15) is 78.1 Å². The predicted octanol–water partition coefficient (Wildman–Crippen LogP) is 4.93. The maximum Gasteiger partial charge on any atom is 0.00886 e. The maximum absolute atomic E-state index is 3.20. The highest BCUT2D eigenvalue weighted by Crippen LogP contribution is 2.08. The Labute approximate surface area is 90.5 Å². The van der Waals surface area contributed by atoms with Gasteiger partial charge < -0.3 is 0 Å². The van der Waals surface area contributed by atoms with Crippen molar-refractivity contribution in [3.8, 4) is 11.8 Å². The third kappa shape index (κ3) is 11.6. The lowest BCUT2D eigenvalue weighted by Gasteiger charge is -1.99. The molecular weight excluding hydrogens is 168 g/mol. The average Bonchev–Trinajstić information content (AvgIpc) is 2.21. The van der Waals surface area contributed by atoms with Gasteiger partial charge in [0.05, 0.1) is 0 Å². The van der Waals surface area contributed by atoms with E-state index >= 15 is 0 Å². The second-order valence-electron chi connectivity index (χ2n) is 3.93. The second kappa shape index (κ2) is 12.6. The maximum atomic E-state index is 3.20. The van der Waals surface area contributed by atoms with E-state index in [1.165, 1.54) is 51.4 Å². The standard InChI is InChI=1S/C14H26/c1-3-5-7-9-11-13-14-12-10-8-6-4-2/h3-5,7,9-14H2,1-2H3. The van der Waals surface area contributed by atoms with Crippen molar-refractivity contribution in [2.24, 2.45) is 0 Å². The highest BCUT2D eigenvalue weighted by atomic mass is 14.0. The van der Waals surface area contributed by atoms with Crippen LogP contribution in [-0.4, -0.2) is 0 Å². The lowest BCUT2D eigenvalue weighted by molar-refractivity contribution is 0.579. The van der Waals surface area contributed by atoms with Crippen LogP contribution in [0.5, 0.6) is 0 Å². The van der Waals surface area contributed by atoms with Gasteiger partial charge in [-0.25, -0.2) is 0 Å². The molecule has 0 aromatic carbocycles. The molecule has 0 aliphatic carbocycles. The number of unbranched alkanes of at least 4 members (excludes halogenated alkanes) is 8. The first-order chi connectivity index (χ1) is 6.91. The fraction of sp³-hybridized carbons (Fsp3) is 0.857. The van der Waals surface area contributed by atoms with Crippen molar-refractivity contribution in [3.63, 3.8) is 0 Å². The fourth-order valence-electron chi connectivity index (χ4n) is 1.56. The average molecular weight is 194 g/mol. The third-order valence-electron chi connectivity index (χ3n) is 2.46. The minimum Gasteiger partial charge on any atom is -0.104 e. The molecule has 0 unspecified atom stereocenters. The summed E-state index contributed by atoms with van der Waals surface area (Å²) in [5.41, 5.74) is 0. The molecule has 14 heavy (non-hydrogen) atoms. The number of hydrogen-bond acceptors (Lipinski definition) is 0. The van der Waals surface area contributed by atoms with Gasteiger partial charge in [0.2, 0.25) is 0 Å². The van der Waals surface area contributed by atoms with Gasteiger partial charge >= 0.3 is 0 Å². The molecule has 0 aliphatic heterocycles. The van der Waals surface area contributed by atoms with Crippen molar-refractivity contribution in [2.45, 2.75) is 78.1 Å². The van der Waals surface area contributed by atoms with Crippen LogP contribution in [0.15, 0.2) is 0 Å². The fourth-order valence-corrected chi connectivity index (χ4v) is 1.56. The Hall–Kier alpha value is -0.440. The SMILES string of the molecule is CCC#CCCCCCCCCCC. The molecule has 0 fully saturated rings. The van der Waals surface area contributed by atoms with Crippen LogP contribution in [0.3, 0.4) is 0 Å². The Morgan fingerprint density at radius 1 is 0.643 bits per heavy atom. The highest BCUT2D eigenvalue weighted by Gasteiger charge is 1.89. The van der Waals surface area contributed by atoms with E-state index in [1.54, 1.807) is 0 Å². The van der Waals surface area contributed by atoms with E-state index in [0.29, 0.717) is 0 Å². The minimum absolute atomic E-state index is 1.01. The van der Waals surface area contributed by atoms with Crippen molar-refractivity contribution in [1.29, 1.82) is 0 Å². The van der Waals surface area contributed by atoms with E-state index in [-0.39, 0.29) is 0 Å². The van der Waals surface area contributed by atoms with Crippen molar-refractivity contribution in [2.75, 3.05) is 0 Å². The van der Waals surface area contributed by atoms with Crippen molar-refractivity contribution < 1.29 is 0 Å². The van der Waals surface area contributed by atoms with Crippen LogP contribution in [0.2, 0.25) is 0 Å². The lowest BCUT2D eigenvalue weighted by Crippen LogP contribution is -1.79. The van der Waals surface area contributed by atoms with E-state index in [4.69, 9.17) is 0 Å². The zero-order chi connectivity index (χ0) is 10.5. The quantitative estimate of drug-likeness (QED) is 0.379. The van der Waals surface area contributed by atoms with Crippen LogP contribution in [-0.2, 0) is 0 Å². The molecule has 0 aromatic heterocycles. The van der Waals surface area contributed by atoms with E-state index in [2.05, 4.69) is 25.7 Å². The van der Waals surface area contributed by atoms with Gasteiger partial charge in [-0.3, -0.25) is 0 Å². The smallest absolute Gasteiger partial charge is 0.00886 e. The monoisotopic (exact) mass is 194 g/mol. The molecule has 0 bridgehead atoms. The summed E-state index contributed by atoms with van der Waals surface area (Å²) in [5, 5.41) is 0. The molecule has 0 nitrogen and oxygen atoms in total. The normalized spacial score (nSPS) is 9.57. The Balaban J connectivity index is 2.92. The number of rotatable bonds is 8. The van der Waals surface area contributed by atoms with Gasteiger partial charge in [0.1, 0.15) is 0 Å². The largest absolute Gasteiger partial charge is 0.104 e. The molecule has 0 rings (SSSR count). The van der Waals surface area contributed by atoms with Crippen molar-refractivity contribution in [3.05, 3.63) is 0 Å². The summed E-state index contributed by atoms with van der Waals surface area (Å²) in [4.78, 5) is 0. The van der Waals surface area contributed by atoms with Gasteiger partial charge in [0, 0.05) is 12.8 Å². The van der Waals surface area contributed by atoms with Crippen LogP contribution in [0.25, 0.3) is 0 Å². The van der Waals surface area contributed by atoms with Crippen LogP contribution >= 0.6 is 0 Å². The summed E-state index contributed by atoms with van der Waals surface area (Å²) in [7, 11) is 0. The summed E-state index contributed by atoms with van der Waals surface area (Å²) >= 11 is 0.